The van der Waals surface area contributed by atoms with Gasteiger partial charge in [-0.15, -0.1) is 0 Å². The van der Waals surface area contributed by atoms with Crippen LogP contribution in [0, 0.1) is 0 Å². The van der Waals surface area contributed by atoms with Crippen LogP contribution in [0.5, 0.6) is 0 Å². The number of amides is 1. The molecule has 4 heteroatoms. The summed E-state index contributed by atoms with van der Waals surface area (Å²) in [5, 5.41) is 0. The van der Waals surface area contributed by atoms with E-state index in [1.54, 1.807) is 24.3 Å². The van der Waals surface area contributed by atoms with Gasteiger partial charge in [-0.2, -0.15) is 0 Å². The highest BCUT2D eigenvalue weighted by molar-refractivity contribution is 6.00. The zero-order valence-electron chi connectivity index (χ0n) is 9.18. The third-order valence-electron chi connectivity index (χ3n) is 2.52. The Labute approximate surface area is 99.2 Å². The molecule has 0 saturated heterocycles. The molecule has 1 amide bonds. The lowest BCUT2D eigenvalue weighted by molar-refractivity contribution is 0.0954. The van der Waals surface area contributed by atoms with E-state index in [0.717, 1.165) is 11.1 Å². The van der Waals surface area contributed by atoms with Crippen LogP contribution in [0.4, 0.5) is 5.69 Å². The molecule has 0 aliphatic heterocycles. The van der Waals surface area contributed by atoms with Gasteiger partial charge in [0.2, 0.25) is 0 Å². The summed E-state index contributed by atoms with van der Waals surface area (Å²) < 4.78 is 0. The number of nitrogens with two attached hydrogens (primary N) is 2. The largest absolute Gasteiger partial charge is 0.399 e. The number of hydrazine groups is 1. The molecule has 86 valence electrons. The van der Waals surface area contributed by atoms with Crippen molar-refractivity contribution in [3.63, 3.8) is 0 Å². The molecule has 0 aromatic heterocycles. The summed E-state index contributed by atoms with van der Waals surface area (Å²) in [6.07, 6.45) is 0. The summed E-state index contributed by atoms with van der Waals surface area (Å²) in [7, 11) is 0. The number of anilines is 1. The molecule has 0 radical (unpaired) electrons. The first-order valence-electron chi connectivity index (χ1n) is 5.18. The number of hydrogen-bond donors (Lipinski definition) is 3. The molecule has 0 spiro atoms. The number of rotatable bonds is 2. The van der Waals surface area contributed by atoms with Crippen molar-refractivity contribution in [3.05, 3.63) is 54.1 Å². The number of carbonyl (C=O) groups excluding carboxylic acids is 1. The van der Waals surface area contributed by atoms with Crippen LogP contribution in [0.3, 0.4) is 0 Å². The minimum Gasteiger partial charge on any atom is -0.399 e. The quantitative estimate of drug-likeness (QED) is 0.315. The van der Waals surface area contributed by atoms with E-state index in [-0.39, 0.29) is 5.91 Å². The van der Waals surface area contributed by atoms with Crippen LogP contribution in [0.25, 0.3) is 11.1 Å². The predicted molar refractivity (Wildman–Crippen MR) is 67.9 cm³/mol. The molecular weight excluding hydrogens is 214 g/mol. The Bertz CT molecular complexity index is 535. The van der Waals surface area contributed by atoms with Gasteiger partial charge in [-0.25, -0.2) is 5.84 Å². The summed E-state index contributed by atoms with van der Waals surface area (Å²) in [4.78, 5) is 11.6. The topological polar surface area (TPSA) is 81.1 Å². The maximum atomic E-state index is 11.6. The van der Waals surface area contributed by atoms with Crippen molar-refractivity contribution in [2.75, 3.05) is 5.73 Å². The Morgan fingerprint density at radius 2 is 1.65 bits per heavy atom. The minimum absolute atomic E-state index is 0.308. The van der Waals surface area contributed by atoms with E-state index in [1.807, 2.05) is 24.3 Å². The van der Waals surface area contributed by atoms with Gasteiger partial charge in [-0.05, 0) is 29.3 Å². The first-order chi connectivity index (χ1) is 8.22. The van der Waals surface area contributed by atoms with Gasteiger partial charge < -0.3 is 5.73 Å². The second kappa shape index (κ2) is 4.67. The van der Waals surface area contributed by atoms with Gasteiger partial charge in [-0.1, -0.05) is 30.3 Å². The van der Waals surface area contributed by atoms with E-state index in [2.05, 4.69) is 5.43 Å². The Morgan fingerprint density at radius 3 is 2.29 bits per heavy atom. The molecular formula is C13H13N3O. The smallest absolute Gasteiger partial charge is 0.265 e. The van der Waals surface area contributed by atoms with E-state index in [0.29, 0.717) is 11.3 Å². The zero-order chi connectivity index (χ0) is 12.3. The summed E-state index contributed by atoms with van der Waals surface area (Å²) >= 11 is 0. The number of carbonyl (C=O) groups is 1. The molecule has 0 atom stereocenters. The summed E-state index contributed by atoms with van der Waals surface area (Å²) in [5.41, 5.74) is 10.8. The maximum absolute atomic E-state index is 11.6. The third-order valence-corrected chi connectivity index (χ3v) is 2.52. The SMILES string of the molecule is NNC(=O)c1ccccc1-c1ccc(N)cc1. The second-order valence-electron chi connectivity index (χ2n) is 3.64. The summed E-state index contributed by atoms with van der Waals surface area (Å²) in [5.74, 6) is 4.85. The Morgan fingerprint density at radius 1 is 1.00 bits per heavy atom. The van der Waals surface area contributed by atoms with Crippen LogP contribution in [-0.2, 0) is 0 Å². The van der Waals surface area contributed by atoms with Gasteiger partial charge in [0.1, 0.15) is 0 Å². The molecule has 17 heavy (non-hydrogen) atoms. The van der Waals surface area contributed by atoms with E-state index in [9.17, 15) is 4.79 Å². The zero-order valence-corrected chi connectivity index (χ0v) is 9.18. The van der Waals surface area contributed by atoms with Crippen molar-refractivity contribution in [1.29, 1.82) is 0 Å². The molecule has 4 nitrogen and oxygen atoms in total. The molecule has 2 aromatic carbocycles. The second-order valence-corrected chi connectivity index (χ2v) is 3.64. The molecule has 0 heterocycles. The van der Waals surface area contributed by atoms with E-state index >= 15 is 0 Å². The first-order valence-corrected chi connectivity index (χ1v) is 5.18. The van der Waals surface area contributed by atoms with Gasteiger partial charge in [0.15, 0.2) is 0 Å². The molecule has 0 aliphatic carbocycles. The number of hydrogen-bond acceptors (Lipinski definition) is 3. The first kappa shape index (κ1) is 11.2. The van der Waals surface area contributed by atoms with Crippen molar-refractivity contribution >= 4 is 11.6 Å². The van der Waals surface area contributed by atoms with Crippen LogP contribution >= 0.6 is 0 Å². The normalized spacial score (nSPS) is 9.94. The molecule has 0 bridgehead atoms. The monoisotopic (exact) mass is 227 g/mol. The summed E-state index contributed by atoms with van der Waals surface area (Å²) in [6, 6.07) is 14.6. The van der Waals surface area contributed by atoms with Gasteiger partial charge in [0.05, 0.1) is 0 Å². The highest BCUT2D eigenvalue weighted by atomic mass is 16.2. The average molecular weight is 227 g/mol. The van der Waals surface area contributed by atoms with E-state index < -0.39 is 0 Å². The van der Waals surface area contributed by atoms with E-state index in [1.165, 1.54) is 0 Å². The molecule has 0 aliphatic rings. The lowest BCUT2D eigenvalue weighted by atomic mass is 9.99. The van der Waals surface area contributed by atoms with Gasteiger partial charge in [0, 0.05) is 11.3 Å². The third kappa shape index (κ3) is 2.26. The van der Waals surface area contributed by atoms with Gasteiger partial charge in [-0.3, -0.25) is 10.2 Å². The standard InChI is InChI=1S/C13H13N3O/c14-10-7-5-9(6-8-10)11-3-1-2-4-12(11)13(17)16-15/h1-8H,14-15H2,(H,16,17). The molecule has 0 saturated carbocycles. The average Bonchev–Trinajstić information content (AvgIpc) is 2.39. The molecule has 0 fully saturated rings. The molecule has 5 N–H and O–H groups in total. The number of nitrogens with one attached hydrogen (secondary N) is 1. The van der Waals surface area contributed by atoms with Crippen molar-refractivity contribution in [2.45, 2.75) is 0 Å². The number of nitrogen functional groups attached to an aromatic ring is 2. The van der Waals surface area contributed by atoms with Crippen molar-refractivity contribution < 1.29 is 4.79 Å². The van der Waals surface area contributed by atoms with Crippen molar-refractivity contribution in [3.8, 4) is 11.1 Å². The Kier molecular flexibility index (Phi) is 3.07. The maximum Gasteiger partial charge on any atom is 0.265 e. The van der Waals surface area contributed by atoms with Crippen molar-refractivity contribution in [1.82, 2.24) is 5.43 Å². The lowest BCUT2D eigenvalue weighted by Crippen LogP contribution is -2.30. The van der Waals surface area contributed by atoms with Crippen LogP contribution in [0.15, 0.2) is 48.5 Å². The van der Waals surface area contributed by atoms with Crippen LogP contribution in [0.1, 0.15) is 10.4 Å². The van der Waals surface area contributed by atoms with Crippen LogP contribution in [-0.4, -0.2) is 5.91 Å². The van der Waals surface area contributed by atoms with Gasteiger partial charge in [0.25, 0.3) is 5.91 Å². The fraction of sp³-hybridized carbons (Fsp3) is 0. The van der Waals surface area contributed by atoms with Crippen LogP contribution < -0.4 is 17.0 Å². The van der Waals surface area contributed by atoms with Gasteiger partial charge >= 0.3 is 0 Å². The molecule has 2 aromatic rings. The predicted octanol–water partition coefficient (Wildman–Crippen LogP) is 1.54. The Hall–Kier alpha value is -2.33. The fourth-order valence-electron chi connectivity index (χ4n) is 1.67. The highest BCUT2D eigenvalue weighted by Gasteiger charge is 2.10. The highest BCUT2D eigenvalue weighted by Crippen LogP contribution is 2.24. The van der Waals surface area contributed by atoms with Crippen LogP contribution in [0.2, 0.25) is 0 Å². The lowest BCUT2D eigenvalue weighted by Gasteiger charge is -2.08. The molecule has 0 unspecified atom stereocenters. The molecule has 2 rings (SSSR count). The Balaban J connectivity index is 2.51. The summed E-state index contributed by atoms with van der Waals surface area (Å²) in [6.45, 7) is 0. The van der Waals surface area contributed by atoms with E-state index in [4.69, 9.17) is 11.6 Å². The minimum atomic E-state index is -0.308. The fourth-order valence-corrected chi connectivity index (χ4v) is 1.67. The number of benzene rings is 2. The van der Waals surface area contributed by atoms with Crippen molar-refractivity contribution in [2.24, 2.45) is 5.84 Å².